The minimum atomic E-state index is 0.0110. The number of likely N-dealkylation sites (tertiary alicyclic amines) is 1. The Labute approximate surface area is 126 Å². The van der Waals surface area contributed by atoms with E-state index in [4.69, 9.17) is 0 Å². The lowest BCUT2D eigenvalue weighted by Crippen LogP contribution is -2.55. The number of carbonyl (C=O) groups excluding carboxylic acids is 2. The SMILES string of the molecule is O=C(CN1CCCC1)N1CCN(C(=O)[C@@H]2CCCN2)CC1. The predicted octanol–water partition coefficient (Wildman–Crippen LogP) is -0.495. The summed E-state index contributed by atoms with van der Waals surface area (Å²) in [6, 6.07) is 0.0110. The molecule has 0 unspecified atom stereocenters. The maximum Gasteiger partial charge on any atom is 0.239 e. The molecule has 0 aromatic carbocycles. The second kappa shape index (κ2) is 6.75. The van der Waals surface area contributed by atoms with E-state index in [-0.39, 0.29) is 17.9 Å². The Kier molecular flexibility index (Phi) is 4.75. The average molecular weight is 294 g/mol. The Morgan fingerprint density at radius 1 is 0.905 bits per heavy atom. The molecule has 3 aliphatic rings. The normalized spacial score (nSPS) is 27.3. The van der Waals surface area contributed by atoms with Gasteiger partial charge in [0, 0.05) is 26.2 Å². The van der Waals surface area contributed by atoms with E-state index >= 15 is 0 Å². The Morgan fingerprint density at radius 3 is 2.19 bits per heavy atom. The molecule has 0 saturated carbocycles. The number of hydrogen-bond acceptors (Lipinski definition) is 4. The van der Waals surface area contributed by atoms with Crippen LogP contribution in [-0.4, -0.2) is 84.9 Å². The third-order valence-corrected chi connectivity index (χ3v) is 4.86. The van der Waals surface area contributed by atoms with Crippen LogP contribution in [0.3, 0.4) is 0 Å². The van der Waals surface area contributed by atoms with E-state index in [2.05, 4.69) is 10.2 Å². The minimum Gasteiger partial charge on any atom is -0.338 e. The molecule has 2 amide bonds. The molecule has 3 rings (SSSR count). The van der Waals surface area contributed by atoms with Crippen molar-refractivity contribution in [3.05, 3.63) is 0 Å². The van der Waals surface area contributed by atoms with Crippen molar-refractivity contribution in [3.8, 4) is 0 Å². The fraction of sp³-hybridized carbons (Fsp3) is 0.867. The number of nitrogens with one attached hydrogen (secondary N) is 1. The Hall–Kier alpha value is -1.14. The Morgan fingerprint density at radius 2 is 1.57 bits per heavy atom. The first-order valence-electron chi connectivity index (χ1n) is 8.26. The molecule has 3 fully saturated rings. The van der Waals surface area contributed by atoms with E-state index in [1.54, 1.807) is 0 Å². The highest BCUT2D eigenvalue weighted by molar-refractivity contribution is 5.83. The zero-order valence-corrected chi connectivity index (χ0v) is 12.7. The summed E-state index contributed by atoms with van der Waals surface area (Å²) in [5.41, 5.74) is 0. The lowest BCUT2D eigenvalue weighted by atomic mass is 10.2. The summed E-state index contributed by atoms with van der Waals surface area (Å²) in [5, 5.41) is 3.26. The summed E-state index contributed by atoms with van der Waals surface area (Å²) in [5.74, 6) is 0.446. The molecule has 0 radical (unpaired) electrons. The molecule has 3 saturated heterocycles. The van der Waals surface area contributed by atoms with Gasteiger partial charge in [0.25, 0.3) is 0 Å². The first-order chi connectivity index (χ1) is 10.2. The summed E-state index contributed by atoms with van der Waals surface area (Å²) in [6.45, 7) is 6.35. The number of piperazine rings is 1. The molecule has 0 aliphatic carbocycles. The molecular weight excluding hydrogens is 268 g/mol. The molecule has 0 aromatic rings. The third kappa shape index (κ3) is 3.55. The molecule has 6 heteroatoms. The van der Waals surface area contributed by atoms with Crippen molar-refractivity contribution in [2.75, 3.05) is 52.4 Å². The zero-order valence-electron chi connectivity index (χ0n) is 12.7. The van der Waals surface area contributed by atoms with Gasteiger partial charge in [0.2, 0.25) is 11.8 Å². The fourth-order valence-corrected chi connectivity index (χ4v) is 3.52. The van der Waals surface area contributed by atoms with Crippen LogP contribution in [0.1, 0.15) is 25.7 Å². The van der Waals surface area contributed by atoms with Crippen molar-refractivity contribution in [2.45, 2.75) is 31.7 Å². The number of carbonyl (C=O) groups is 2. The van der Waals surface area contributed by atoms with Crippen LogP contribution in [0, 0.1) is 0 Å². The molecular formula is C15H26N4O2. The predicted molar refractivity (Wildman–Crippen MR) is 79.9 cm³/mol. The van der Waals surface area contributed by atoms with Gasteiger partial charge in [0.1, 0.15) is 0 Å². The first kappa shape index (κ1) is 14.8. The second-order valence-electron chi connectivity index (χ2n) is 6.34. The third-order valence-electron chi connectivity index (χ3n) is 4.86. The first-order valence-corrected chi connectivity index (χ1v) is 8.26. The average Bonchev–Trinajstić information content (AvgIpc) is 3.20. The van der Waals surface area contributed by atoms with E-state index < -0.39 is 0 Å². The number of rotatable bonds is 3. The van der Waals surface area contributed by atoms with Gasteiger partial charge in [-0.1, -0.05) is 0 Å². The van der Waals surface area contributed by atoms with Crippen LogP contribution in [0.25, 0.3) is 0 Å². The van der Waals surface area contributed by atoms with Gasteiger partial charge in [0.05, 0.1) is 12.6 Å². The molecule has 118 valence electrons. The maximum atomic E-state index is 12.3. The highest BCUT2D eigenvalue weighted by Crippen LogP contribution is 2.12. The van der Waals surface area contributed by atoms with Crippen molar-refractivity contribution in [1.29, 1.82) is 0 Å². The van der Waals surface area contributed by atoms with Gasteiger partial charge in [-0.15, -0.1) is 0 Å². The summed E-state index contributed by atoms with van der Waals surface area (Å²) in [7, 11) is 0. The van der Waals surface area contributed by atoms with Crippen LogP contribution in [0.2, 0.25) is 0 Å². The molecule has 6 nitrogen and oxygen atoms in total. The molecule has 0 bridgehead atoms. The second-order valence-corrected chi connectivity index (χ2v) is 6.34. The van der Waals surface area contributed by atoms with Crippen LogP contribution >= 0.6 is 0 Å². The van der Waals surface area contributed by atoms with Gasteiger partial charge >= 0.3 is 0 Å². The van der Waals surface area contributed by atoms with Gasteiger partial charge in [-0.2, -0.15) is 0 Å². The number of nitrogens with zero attached hydrogens (tertiary/aromatic N) is 3. The van der Waals surface area contributed by atoms with E-state index in [1.165, 1.54) is 12.8 Å². The smallest absolute Gasteiger partial charge is 0.239 e. The highest BCUT2D eigenvalue weighted by Gasteiger charge is 2.30. The lowest BCUT2D eigenvalue weighted by Gasteiger charge is -2.36. The van der Waals surface area contributed by atoms with Crippen LogP contribution in [-0.2, 0) is 9.59 Å². The molecule has 21 heavy (non-hydrogen) atoms. The van der Waals surface area contributed by atoms with Crippen LogP contribution in [0.4, 0.5) is 0 Å². The van der Waals surface area contributed by atoms with Crippen molar-refractivity contribution in [3.63, 3.8) is 0 Å². The van der Waals surface area contributed by atoms with Crippen LogP contribution in [0.5, 0.6) is 0 Å². The zero-order chi connectivity index (χ0) is 14.7. The van der Waals surface area contributed by atoms with E-state index in [9.17, 15) is 9.59 Å². The molecule has 0 spiro atoms. The van der Waals surface area contributed by atoms with Crippen molar-refractivity contribution in [1.82, 2.24) is 20.0 Å². The summed E-state index contributed by atoms with van der Waals surface area (Å²) in [6.07, 6.45) is 4.46. The summed E-state index contributed by atoms with van der Waals surface area (Å²) < 4.78 is 0. The van der Waals surface area contributed by atoms with Gasteiger partial charge in [-0.3, -0.25) is 14.5 Å². The topological polar surface area (TPSA) is 55.9 Å². The highest BCUT2D eigenvalue weighted by atomic mass is 16.2. The largest absolute Gasteiger partial charge is 0.338 e. The molecule has 3 aliphatic heterocycles. The Bertz CT molecular complexity index is 381. The number of amides is 2. The van der Waals surface area contributed by atoms with E-state index in [0.29, 0.717) is 32.7 Å². The van der Waals surface area contributed by atoms with Crippen molar-refractivity contribution in [2.24, 2.45) is 0 Å². The monoisotopic (exact) mass is 294 g/mol. The molecule has 0 aromatic heterocycles. The van der Waals surface area contributed by atoms with Gasteiger partial charge < -0.3 is 15.1 Å². The standard InChI is InChI=1S/C15H26N4O2/c20-14(12-17-6-1-2-7-17)18-8-10-19(11-9-18)15(21)13-4-3-5-16-13/h13,16H,1-12H2/t13-/m0/s1. The van der Waals surface area contributed by atoms with E-state index in [1.807, 2.05) is 9.80 Å². The Balaban J connectivity index is 1.43. The maximum absolute atomic E-state index is 12.3. The number of hydrogen-bond donors (Lipinski definition) is 1. The van der Waals surface area contributed by atoms with Gasteiger partial charge in [-0.05, 0) is 45.3 Å². The summed E-state index contributed by atoms with van der Waals surface area (Å²) >= 11 is 0. The van der Waals surface area contributed by atoms with Gasteiger partial charge in [-0.25, -0.2) is 0 Å². The molecule has 3 heterocycles. The fourth-order valence-electron chi connectivity index (χ4n) is 3.52. The van der Waals surface area contributed by atoms with Crippen LogP contribution < -0.4 is 5.32 Å². The van der Waals surface area contributed by atoms with Crippen molar-refractivity contribution >= 4 is 11.8 Å². The minimum absolute atomic E-state index is 0.0110. The quantitative estimate of drug-likeness (QED) is 0.763. The van der Waals surface area contributed by atoms with Gasteiger partial charge in [0.15, 0.2) is 0 Å². The summed E-state index contributed by atoms with van der Waals surface area (Å²) in [4.78, 5) is 30.6. The molecule has 1 atom stereocenters. The van der Waals surface area contributed by atoms with Crippen molar-refractivity contribution < 1.29 is 9.59 Å². The van der Waals surface area contributed by atoms with E-state index in [0.717, 1.165) is 32.5 Å². The lowest BCUT2D eigenvalue weighted by molar-refractivity contribution is -0.141. The van der Waals surface area contributed by atoms with Crippen LogP contribution in [0.15, 0.2) is 0 Å². The molecule has 1 N–H and O–H groups in total.